The number of pyridine rings is 1. The van der Waals surface area contributed by atoms with E-state index in [1.165, 1.54) is 0 Å². The molecule has 0 aliphatic rings. The van der Waals surface area contributed by atoms with Crippen molar-refractivity contribution >= 4 is 56.7 Å². The Hall–Kier alpha value is -4.16. The predicted molar refractivity (Wildman–Crippen MR) is 171 cm³/mol. The number of rotatable bonds is 5. The van der Waals surface area contributed by atoms with Gasteiger partial charge in [0.25, 0.3) is 0 Å². The molecule has 42 heavy (non-hydrogen) atoms. The van der Waals surface area contributed by atoms with Gasteiger partial charge in [-0.25, -0.2) is 9.97 Å². The van der Waals surface area contributed by atoms with E-state index in [0.717, 1.165) is 44.5 Å². The highest BCUT2D eigenvalue weighted by Gasteiger charge is 2.40. The first-order valence-electron chi connectivity index (χ1n) is 13.5. The summed E-state index contributed by atoms with van der Waals surface area (Å²) in [5.41, 5.74) is 7.50. The third kappa shape index (κ3) is 4.36. The Labute approximate surface area is 257 Å². The smallest absolute Gasteiger partial charge is 0.250 e. The number of nitrogens with one attached hydrogen (secondary N) is 1. The van der Waals surface area contributed by atoms with E-state index in [1.54, 1.807) is 0 Å². The molecule has 3 heterocycles. The van der Waals surface area contributed by atoms with Crippen LogP contribution in [0.3, 0.4) is 0 Å². The van der Waals surface area contributed by atoms with Gasteiger partial charge in [0.05, 0.1) is 22.2 Å². The molecule has 0 atom stereocenters. The number of benzene rings is 4. The second-order valence-electron chi connectivity index (χ2n) is 10.2. The van der Waals surface area contributed by atoms with Crippen LogP contribution in [0.15, 0.2) is 121 Å². The van der Waals surface area contributed by atoms with Gasteiger partial charge in [-0.15, -0.1) is 0 Å². The highest BCUT2D eigenvalue weighted by molar-refractivity contribution is 6.66. The van der Waals surface area contributed by atoms with Gasteiger partial charge in [-0.3, -0.25) is 14.8 Å². The van der Waals surface area contributed by atoms with Gasteiger partial charge in [-0.2, -0.15) is 0 Å². The fraction of sp³-hybridized carbons (Fsp3) is 0.0882. The third-order valence-corrected chi connectivity index (χ3v) is 8.14. The van der Waals surface area contributed by atoms with Crippen molar-refractivity contribution in [1.82, 2.24) is 24.7 Å². The van der Waals surface area contributed by atoms with E-state index in [0.29, 0.717) is 11.0 Å². The number of aromatic amines is 1. The number of hydrogen-bond donors (Lipinski definition) is 1. The molecule has 0 bridgehead atoms. The molecule has 0 amide bonds. The zero-order valence-electron chi connectivity index (χ0n) is 22.5. The first-order chi connectivity index (χ1) is 20.4. The quantitative estimate of drug-likeness (QED) is 0.157. The molecule has 0 radical (unpaired) electrons. The summed E-state index contributed by atoms with van der Waals surface area (Å²) in [7, 11) is 0. The highest BCUT2D eigenvalue weighted by atomic mass is 35.6. The minimum Gasteiger partial charge on any atom is -0.296 e. The molecule has 7 aromatic rings. The van der Waals surface area contributed by atoms with Crippen LogP contribution in [0.25, 0.3) is 33.2 Å². The largest absolute Gasteiger partial charge is 0.296 e. The van der Waals surface area contributed by atoms with Gasteiger partial charge in [0.15, 0.2) is 5.82 Å². The van der Waals surface area contributed by atoms with Crippen LogP contribution in [0.5, 0.6) is 0 Å². The van der Waals surface area contributed by atoms with Gasteiger partial charge >= 0.3 is 0 Å². The topological polar surface area (TPSA) is 59.4 Å². The normalized spacial score (nSPS) is 12.3. The van der Waals surface area contributed by atoms with Gasteiger partial charge < -0.3 is 0 Å². The minimum absolute atomic E-state index is 0.146. The molecule has 0 spiro atoms. The number of imidazole rings is 1. The molecule has 0 aliphatic carbocycles. The Morgan fingerprint density at radius 1 is 0.667 bits per heavy atom. The van der Waals surface area contributed by atoms with Gasteiger partial charge in [0, 0.05) is 22.8 Å². The summed E-state index contributed by atoms with van der Waals surface area (Å²) < 4.78 is 0.495. The number of aromatic nitrogens is 5. The zero-order valence-corrected chi connectivity index (χ0v) is 24.7. The average molecular weight is 609 g/mol. The molecule has 0 saturated heterocycles. The lowest BCUT2D eigenvalue weighted by Gasteiger charge is -2.37. The van der Waals surface area contributed by atoms with Crippen molar-refractivity contribution in [2.45, 2.75) is 16.3 Å². The first kappa shape index (κ1) is 26.7. The number of alkyl halides is 3. The van der Waals surface area contributed by atoms with Crippen LogP contribution < -0.4 is 0 Å². The summed E-state index contributed by atoms with van der Waals surface area (Å²) >= 11 is 18.6. The Morgan fingerprint density at radius 2 is 1.19 bits per heavy atom. The lowest BCUT2D eigenvalue weighted by Crippen LogP contribution is -2.38. The molecular formula is C34H24Cl3N5. The van der Waals surface area contributed by atoms with Crippen molar-refractivity contribution in [2.24, 2.45) is 0 Å². The first-order valence-corrected chi connectivity index (χ1v) is 14.6. The maximum Gasteiger partial charge on any atom is 0.250 e. The SMILES string of the molecule is Cc1cc(-c2[nH]n(C(c3ccccc3)(c3ccccc3)c3ccccc3)c3cc4nc(C(Cl)(Cl)Cl)nc4cc23)ccn1. The second-order valence-corrected chi connectivity index (χ2v) is 12.5. The molecule has 0 unspecified atom stereocenters. The van der Waals surface area contributed by atoms with Crippen molar-refractivity contribution in [2.75, 3.05) is 0 Å². The summed E-state index contributed by atoms with van der Waals surface area (Å²) in [6.07, 6.45) is 1.82. The van der Waals surface area contributed by atoms with E-state index < -0.39 is 9.33 Å². The van der Waals surface area contributed by atoms with Crippen molar-refractivity contribution in [3.05, 3.63) is 150 Å². The standard InChI is InChI=1S/C34H24Cl3N5/c1-22-19-23(17-18-38-22)31-27-20-28-29(40-32(39-28)34(35,36)37)21-30(27)42(41-31)33(24-11-5-2-6-12-24,25-13-7-3-8-14-25)26-15-9-4-10-16-26/h2-21,41H,1H3. The van der Waals surface area contributed by atoms with Crippen molar-refractivity contribution < 1.29 is 0 Å². The number of fused-ring (bicyclic) bond motifs is 2. The molecule has 1 N–H and O–H groups in total. The third-order valence-electron chi connectivity index (χ3n) is 7.63. The van der Waals surface area contributed by atoms with Crippen LogP contribution in [0, 0.1) is 6.92 Å². The van der Waals surface area contributed by atoms with Gasteiger partial charge in [-0.05, 0) is 47.9 Å². The Kier molecular flexibility index (Phi) is 6.54. The van der Waals surface area contributed by atoms with E-state index in [-0.39, 0.29) is 5.82 Å². The van der Waals surface area contributed by atoms with Gasteiger partial charge in [0.2, 0.25) is 3.79 Å². The van der Waals surface area contributed by atoms with E-state index in [9.17, 15) is 0 Å². The molecule has 3 aromatic heterocycles. The summed E-state index contributed by atoms with van der Waals surface area (Å²) in [6.45, 7) is 1.99. The average Bonchev–Trinajstić information content (AvgIpc) is 3.60. The Morgan fingerprint density at radius 3 is 1.69 bits per heavy atom. The summed E-state index contributed by atoms with van der Waals surface area (Å²) in [4.78, 5) is 13.7. The minimum atomic E-state index is -1.74. The Balaban J connectivity index is 1.67. The summed E-state index contributed by atoms with van der Waals surface area (Å²) in [5.74, 6) is 0.146. The fourth-order valence-electron chi connectivity index (χ4n) is 5.85. The number of nitrogens with zero attached hydrogens (tertiary/aromatic N) is 4. The molecule has 7 rings (SSSR count). The molecular weight excluding hydrogens is 585 g/mol. The van der Waals surface area contributed by atoms with Crippen LogP contribution in [-0.2, 0) is 9.33 Å². The molecule has 8 heteroatoms. The van der Waals surface area contributed by atoms with Crippen LogP contribution in [-0.4, -0.2) is 24.7 Å². The van der Waals surface area contributed by atoms with Gasteiger partial charge in [-0.1, -0.05) is 126 Å². The predicted octanol–water partition coefficient (Wildman–Crippen LogP) is 8.95. The van der Waals surface area contributed by atoms with Crippen LogP contribution >= 0.6 is 34.8 Å². The number of aryl methyl sites for hydroxylation is 1. The van der Waals surface area contributed by atoms with Crippen LogP contribution in [0.2, 0.25) is 0 Å². The molecule has 0 aliphatic heterocycles. The van der Waals surface area contributed by atoms with E-state index in [1.807, 2.05) is 49.5 Å². The van der Waals surface area contributed by atoms with Crippen LogP contribution in [0.1, 0.15) is 28.2 Å². The fourth-order valence-corrected chi connectivity index (χ4v) is 6.11. The number of hydrogen-bond acceptors (Lipinski definition) is 3. The maximum atomic E-state index is 6.21. The Bertz CT molecular complexity index is 1930. The summed E-state index contributed by atoms with van der Waals surface area (Å²) in [5, 5.41) is 4.79. The van der Waals surface area contributed by atoms with Crippen molar-refractivity contribution in [3.8, 4) is 11.3 Å². The monoisotopic (exact) mass is 607 g/mol. The zero-order chi connectivity index (χ0) is 28.9. The molecule has 4 aromatic carbocycles. The molecule has 5 nitrogen and oxygen atoms in total. The number of halogens is 3. The molecule has 0 fully saturated rings. The lowest BCUT2D eigenvalue weighted by atomic mass is 9.77. The van der Waals surface area contributed by atoms with E-state index in [4.69, 9.17) is 34.8 Å². The van der Waals surface area contributed by atoms with Crippen LogP contribution in [0.4, 0.5) is 0 Å². The van der Waals surface area contributed by atoms with E-state index in [2.05, 4.69) is 104 Å². The van der Waals surface area contributed by atoms with Crippen molar-refractivity contribution in [1.29, 1.82) is 0 Å². The maximum absolute atomic E-state index is 6.21. The van der Waals surface area contributed by atoms with E-state index >= 15 is 0 Å². The second kappa shape index (κ2) is 10.3. The van der Waals surface area contributed by atoms with Gasteiger partial charge in [0.1, 0.15) is 5.54 Å². The highest BCUT2D eigenvalue weighted by Crippen LogP contribution is 2.45. The molecule has 206 valence electrons. The molecule has 0 saturated carbocycles. The summed E-state index contributed by atoms with van der Waals surface area (Å²) in [6, 6.07) is 39.6. The number of H-pyrrole nitrogens is 1. The van der Waals surface area contributed by atoms with Crippen molar-refractivity contribution in [3.63, 3.8) is 0 Å². The lowest BCUT2D eigenvalue weighted by molar-refractivity contribution is 0.477.